The highest BCUT2D eigenvalue weighted by Gasteiger charge is 2.19. The Labute approximate surface area is 131 Å². The van der Waals surface area contributed by atoms with E-state index in [0.717, 1.165) is 38.3 Å². The zero-order chi connectivity index (χ0) is 15.2. The molecule has 0 aliphatic carbocycles. The van der Waals surface area contributed by atoms with Crippen molar-refractivity contribution in [3.63, 3.8) is 0 Å². The highest BCUT2D eigenvalue weighted by Crippen LogP contribution is 2.17. The normalized spacial score (nSPS) is 16.1. The maximum Gasteiger partial charge on any atom is 0.126 e. The summed E-state index contributed by atoms with van der Waals surface area (Å²) < 4.78 is 0. The van der Waals surface area contributed by atoms with Gasteiger partial charge in [0.25, 0.3) is 0 Å². The number of hydrogen-bond acceptors (Lipinski definition) is 4. The molecule has 112 valence electrons. The first-order valence-corrected chi connectivity index (χ1v) is 7.72. The van der Waals surface area contributed by atoms with Gasteiger partial charge in [0.1, 0.15) is 11.9 Å². The fraction of sp³-hybridized carbons (Fsp3) is 0.333. The lowest BCUT2D eigenvalue weighted by Gasteiger charge is -2.32. The molecule has 0 radical (unpaired) electrons. The molecule has 4 nitrogen and oxygen atoms in total. The van der Waals surface area contributed by atoms with Crippen molar-refractivity contribution in [2.24, 2.45) is 0 Å². The molecule has 1 saturated heterocycles. The van der Waals surface area contributed by atoms with Gasteiger partial charge in [-0.05, 0) is 30.5 Å². The molecule has 1 aromatic carbocycles. The first-order valence-electron chi connectivity index (χ1n) is 7.72. The minimum absolute atomic E-state index is 0.465. The highest BCUT2D eigenvalue weighted by molar-refractivity contribution is 5.39. The lowest BCUT2D eigenvalue weighted by atomic mass is 10.0. The summed E-state index contributed by atoms with van der Waals surface area (Å²) in [5.74, 6) is 0.862. The maximum atomic E-state index is 8.78. The van der Waals surface area contributed by atoms with Crippen molar-refractivity contribution >= 4 is 5.82 Å². The van der Waals surface area contributed by atoms with Gasteiger partial charge in [-0.2, -0.15) is 5.26 Å². The van der Waals surface area contributed by atoms with E-state index < -0.39 is 0 Å². The van der Waals surface area contributed by atoms with Crippen molar-refractivity contribution in [1.82, 2.24) is 9.88 Å². The number of benzene rings is 1. The Bertz CT molecular complexity index is 622. The molecule has 3 rings (SSSR count). The molecule has 1 aliphatic heterocycles. The van der Waals surface area contributed by atoms with Gasteiger partial charge in [0.15, 0.2) is 0 Å². The quantitative estimate of drug-likeness (QED) is 0.941. The summed E-state index contributed by atoms with van der Waals surface area (Å²) >= 11 is 0. The monoisotopic (exact) mass is 292 g/mol. The zero-order valence-electron chi connectivity index (χ0n) is 12.6. The van der Waals surface area contributed by atoms with Crippen molar-refractivity contribution in [1.29, 1.82) is 5.26 Å². The zero-order valence-corrected chi connectivity index (χ0v) is 12.6. The van der Waals surface area contributed by atoms with Gasteiger partial charge >= 0.3 is 0 Å². The molecule has 0 bridgehead atoms. The number of nitrogens with one attached hydrogen (secondary N) is 1. The predicted octanol–water partition coefficient (Wildman–Crippen LogP) is 3.03. The molecule has 0 atom stereocenters. The van der Waals surface area contributed by atoms with Crippen LogP contribution in [-0.2, 0) is 6.54 Å². The molecule has 0 amide bonds. The summed E-state index contributed by atoms with van der Waals surface area (Å²) in [6.45, 7) is 3.23. The number of aromatic nitrogens is 1. The third kappa shape index (κ3) is 3.84. The van der Waals surface area contributed by atoms with E-state index in [-0.39, 0.29) is 0 Å². The summed E-state index contributed by atoms with van der Waals surface area (Å²) in [7, 11) is 0. The summed E-state index contributed by atoms with van der Waals surface area (Å²) in [4.78, 5) is 6.78. The average molecular weight is 292 g/mol. The molecule has 4 heteroatoms. The molecule has 22 heavy (non-hydrogen) atoms. The third-order valence-electron chi connectivity index (χ3n) is 4.08. The average Bonchev–Trinajstić information content (AvgIpc) is 2.58. The van der Waals surface area contributed by atoms with E-state index >= 15 is 0 Å². The van der Waals surface area contributed by atoms with Crippen LogP contribution in [0.3, 0.4) is 0 Å². The van der Waals surface area contributed by atoms with Crippen molar-refractivity contribution in [3.8, 4) is 6.07 Å². The molecule has 1 aliphatic rings. The Balaban J connectivity index is 1.48. The van der Waals surface area contributed by atoms with Crippen molar-refractivity contribution in [2.45, 2.75) is 25.4 Å². The van der Waals surface area contributed by atoms with Crippen LogP contribution in [0.4, 0.5) is 5.82 Å². The smallest absolute Gasteiger partial charge is 0.126 e. The van der Waals surface area contributed by atoms with Crippen LogP contribution in [0.5, 0.6) is 0 Å². The van der Waals surface area contributed by atoms with Crippen molar-refractivity contribution in [3.05, 3.63) is 59.8 Å². The molecule has 1 fully saturated rings. The van der Waals surface area contributed by atoms with Crippen LogP contribution in [0.25, 0.3) is 0 Å². The van der Waals surface area contributed by atoms with Gasteiger partial charge in [-0.1, -0.05) is 30.3 Å². The number of nitriles is 1. The third-order valence-corrected chi connectivity index (χ3v) is 4.08. The Morgan fingerprint density at radius 1 is 1.14 bits per heavy atom. The molecule has 0 unspecified atom stereocenters. The highest BCUT2D eigenvalue weighted by atomic mass is 15.1. The standard InChI is InChI=1S/C18H20N4/c19-12-16-6-7-18(20-13-16)21-17-8-10-22(11-9-17)14-15-4-2-1-3-5-15/h1-7,13,17H,8-11,14H2,(H,20,21). The largest absolute Gasteiger partial charge is 0.367 e. The first kappa shape index (κ1) is 14.6. The number of nitrogens with zero attached hydrogens (tertiary/aromatic N) is 3. The summed E-state index contributed by atoms with van der Waals surface area (Å²) in [6.07, 6.45) is 3.86. The molecule has 1 aromatic heterocycles. The van der Waals surface area contributed by atoms with E-state index in [2.05, 4.69) is 51.6 Å². The van der Waals surface area contributed by atoms with Crippen molar-refractivity contribution < 1.29 is 0 Å². The number of likely N-dealkylation sites (tertiary alicyclic amines) is 1. The van der Waals surface area contributed by atoms with Crippen LogP contribution in [-0.4, -0.2) is 29.0 Å². The Kier molecular flexibility index (Phi) is 4.67. The second kappa shape index (κ2) is 7.06. The van der Waals surface area contributed by atoms with E-state index in [1.165, 1.54) is 5.56 Å². The van der Waals surface area contributed by atoms with Crippen LogP contribution in [0.15, 0.2) is 48.7 Å². The van der Waals surface area contributed by atoms with Gasteiger partial charge in [-0.25, -0.2) is 4.98 Å². The number of pyridine rings is 1. The molecule has 1 N–H and O–H groups in total. The van der Waals surface area contributed by atoms with Crippen LogP contribution >= 0.6 is 0 Å². The first-order chi connectivity index (χ1) is 10.8. The Morgan fingerprint density at radius 2 is 1.91 bits per heavy atom. The van der Waals surface area contributed by atoms with Gasteiger partial charge < -0.3 is 5.32 Å². The van der Waals surface area contributed by atoms with Gasteiger partial charge in [-0.15, -0.1) is 0 Å². The second-order valence-electron chi connectivity index (χ2n) is 5.72. The lowest BCUT2D eigenvalue weighted by molar-refractivity contribution is 0.211. The summed E-state index contributed by atoms with van der Waals surface area (Å²) in [5, 5.41) is 12.3. The van der Waals surface area contributed by atoms with E-state index in [1.807, 2.05) is 6.07 Å². The minimum atomic E-state index is 0.465. The second-order valence-corrected chi connectivity index (χ2v) is 5.72. The Morgan fingerprint density at radius 3 is 2.55 bits per heavy atom. The van der Waals surface area contributed by atoms with Crippen LogP contribution < -0.4 is 5.32 Å². The number of piperidine rings is 1. The van der Waals surface area contributed by atoms with Crippen LogP contribution in [0.2, 0.25) is 0 Å². The van der Waals surface area contributed by atoms with E-state index in [4.69, 9.17) is 5.26 Å². The van der Waals surface area contributed by atoms with Gasteiger partial charge in [0, 0.05) is 31.9 Å². The van der Waals surface area contributed by atoms with Crippen LogP contribution in [0.1, 0.15) is 24.0 Å². The van der Waals surface area contributed by atoms with Gasteiger partial charge in [0.05, 0.1) is 5.56 Å². The van der Waals surface area contributed by atoms with Gasteiger partial charge in [-0.3, -0.25) is 4.90 Å². The molecule has 0 saturated carbocycles. The summed E-state index contributed by atoms with van der Waals surface area (Å²) in [6, 6.07) is 16.9. The minimum Gasteiger partial charge on any atom is -0.367 e. The van der Waals surface area contributed by atoms with Crippen molar-refractivity contribution in [2.75, 3.05) is 18.4 Å². The maximum absolute atomic E-state index is 8.78. The number of hydrogen-bond donors (Lipinski definition) is 1. The lowest BCUT2D eigenvalue weighted by Crippen LogP contribution is -2.38. The molecule has 2 aromatic rings. The summed E-state index contributed by atoms with van der Waals surface area (Å²) in [5.41, 5.74) is 1.98. The van der Waals surface area contributed by atoms with E-state index in [9.17, 15) is 0 Å². The molecule has 0 spiro atoms. The topological polar surface area (TPSA) is 52.0 Å². The Hall–Kier alpha value is -2.38. The fourth-order valence-electron chi connectivity index (χ4n) is 2.83. The van der Waals surface area contributed by atoms with Crippen LogP contribution in [0, 0.1) is 11.3 Å². The predicted molar refractivity (Wildman–Crippen MR) is 87.3 cm³/mol. The van der Waals surface area contributed by atoms with E-state index in [1.54, 1.807) is 12.3 Å². The van der Waals surface area contributed by atoms with E-state index in [0.29, 0.717) is 11.6 Å². The molecule has 2 heterocycles. The number of anilines is 1. The fourth-order valence-corrected chi connectivity index (χ4v) is 2.83. The van der Waals surface area contributed by atoms with Gasteiger partial charge in [0.2, 0.25) is 0 Å². The number of rotatable bonds is 4. The molecular weight excluding hydrogens is 272 g/mol. The SMILES string of the molecule is N#Cc1ccc(NC2CCN(Cc3ccccc3)CC2)nc1. The molecular formula is C18H20N4.